The zero-order valence-corrected chi connectivity index (χ0v) is 12.1. The predicted octanol–water partition coefficient (Wildman–Crippen LogP) is 4.00. The number of rotatable bonds is 4. The minimum Gasteiger partial charge on any atom is -0.544 e. The van der Waals surface area contributed by atoms with Crippen molar-refractivity contribution in [3.05, 3.63) is 23.8 Å². The van der Waals surface area contributed by atoms with Gasteiger partial charge in [0.15, 0.2) is 5.78 Å². The molecule has 0 saturated heterocycles. The Morgan fingerprint density at radius 3 is 2.11 bits per heavy atom. The van der Waals surface area contributed by atoms with Crippen molar-refractivity contribution in [2.45, 2.75) is 32.9 Å². The third-order valence-corrected chi connectivity index (χ3v) is 2.81. The summed E-state index contributed by atoms with van der Waals surface area (Å²) >= 11 is 0. The van der Waals surface area contributed by atoms with Gasteiger partial charge >= 0.3 is 6.36 Å². The van der Waals surface area contributed by atoms with Crippen LogP contribution < -0.4 is 9.16 Å². The molecule has 0 bridgehead atoms. The Kier molecular flexibility index (Phi) is 4.29. The van der Waals surface area contributed by atoms with Gasteiger partial charge in [0, 0.05) is 0 Å². The van der Waals surface area contributed by atoms with E-state index in [2.05, 4.69) is 4.74 Å². The van der Waals surface area contributed by atoms with E-state index in [1.165, 1.54) is 19.1 Å². The number of carbonyl (C=O) groups is 1. The van der Waals surface area contributed by atoms with Gasteiger partial charge in [-0.05, 0) is 38.7 Å². The number of alkyl halides is 3. The van der Waals surface area contributed by atoms with Crippen molar-refractivity contribution >= 4 is 14.1 Å². The van der Waals surface area contributed by atoms with Crippen LogP contribution in [0, 0.1) is 0 Å². The second-order valence-electron chi connectivity index (χ2n) is 4.95. The Morgan fingerprint density at radius 1 is 1.16 bits per heavy atom. The fourth-order valence-corrected chi connectivity index (χ4v) is 2.31. The van der Waals surface area contributed by atoms with E-state index in [9.17, 15) is 18.0 Å². The molecular weight excluding hydrogens is 277 g/mol. The van der Waals surface area contributed by atoms with Gasteiger partial charge in [-0.15, -0.1) is 13.2 Å². The van der Waals surface area contributed by atoms with Crippen LogP contribution in [0.15, 0.2) is 18.2 Å². The summed E-state index contributed by atoms with van der Waals surface area (Å²) in [7, 11) is -2.05. The average Bonchev–Trinajstić information content (AvgIpc) is 2.11. The van der Waals surface area contributed by atoms with E-state index in [0.29, 0.717) is 0 Å². The van der Waals surface area contributed by atoms with E-state index in [0.717, 1.165) is 6.07 Å². The lowest BCUT2D eigenvalue weighted by Crippen LogP contribution is -2.30. The summed E-state index contributed by atoms with van der Waals surface area (Å²) in [4.78, 5) is 11.5. The van der Waals surface area contributed by atoms with E-state index < -0.39 is 26.2 Å². The number of hydrogen-bond acceptors (Lipinski definition) is 3. The third-order valence-electron chi connectivity index (χ3n) is 1.98. The molecular formula is C12H15F3O3Si. The molecule has 0 N–H and O–H groups in total. The van der Waals surface area contributed by atoms with Gasteiger partial charge in [-0.1, -0.05) is 6.07 Å². The molecule has 0 aromatic heterocycles. The van der Waals surface area contributed by atoms with Crippen molar-refractivity contribution in [3.8, 4) is 11.5 Å². The zero-order valence-electron chi connectivity index (χ0n) is 11.1. The lowest BCUT2D eigenvalue weighted by Gasteiger charge is -2.22. The Labute approximate surface area is 110 Å². The molecule has 0 aliphatic rings. The summed E-state index contributed by atoms with van der Waals surface area (Å²) in [5.41, 5.74) is -0.178. The van der Waals surface area contributed by atoms with Crippen LogP contribution in [-0.2, 0) is 0 Å². The molecule has 0 amide bonds. The standard InChI is InChI=1S/C12H15F3O3Si/c1-8(16)11-9(17-12(13,14)15)6-5-7-10(11)18-19(2,3)4/h5-7H,1-4H3. The monoisotopic (exact) mass is 292 g/mol. The largest absolute Gasteiger partial charge is 0.573 e. The summed E-state index contributed by atoms with van der Waals surface area (Å²) in [6.07, 6.45) is -4.85. The Balaban J connectivity index is 3.26. The molecule has 1 aromatic carbocycles. The van der Waals surface area contributed by atoms with Crippen molar-refractivity contribution in [1.29, 1.82) is 0 Å². The van der Waals surface area contributed by atoms with Crippen molar-refractivity contribution in [2.24, 2.45) is 0 Å². The Hall–Kier alpha value is -1.50. The molecule has 0 aliphatic carbocycles. The van der Waals surface area contributed by atoms with Gasteiger partial charge in [0.05, 0.1) is 0 Å². The van der Waals surface area contributed by atoms with Gasteiger partial charge in [0.25, 0.3) is 0 Å². The van der Waals surface area contributed by atoms with Crippen LogP contribution in [0.3, 0.4) is 0 Å². The number of halogens is 3. The predicted molar refractivity (Wildman–Crippen MR) is 67.1 cm³/mol. The van der Waals surface area contributed by atoms with Crippen LogP contribution >= 0.6 is 0 Å². The highest BCUT2D eigenvalue weighted by molar-refractivity contribution is 6.70. The van der Waals surface area contributed by atoms with E-state index in [4.69, 9.17) is 4.43 Å². The van der Waals surface area contributed by atoms with Crippen LogP contribution in [0.2, 0.25) is 19.6 Å². The highest BCUT2D eigenvalue weighted by atomic mass is 28.4. The molecule has 0 fully saturated rings. The van der Waals surface area contributed by atoms with Crippen LogP contribution in [0.4, 0.5) is 13.2 Å². The van der Waals surface area contributed by atoms with Crippen LogP contribution in [0.5, 0.6) is 11.5 Å². The van der Waals surface area contributed by atoms with Crippen molar-refractivity contribution in [2.75, 3.05) is 0 Å². The van der Waals surface area contributed by atoms with E-state index in [1.54, 1.807) is 0 Å². The number of benzene rings is 1. The number of ketones is 1. The minimum absolute atomic E-state index is 0.133. The summed E-state index contributed by atoms with van der Waals surface area (Å²) in [6.45, 7) is 6.78. The second-order valence-corrected chi connectivity index (χ2v) is 9.38. The van der Waals surface area contributed by atoms with Gasteiger partial charge < -0.3 is 9.16 Å². The first-order valence-corrected chi connectivity index (χ1v) is 8.99. The summed E-state index contributed by atoms with van der Waals surface area (Å²) < 4.78 is 46.3. The van der Waals surface area contributed by atoms with E-state index >= 15 is 0 Å². The molecule has 0 saturated carbocycles. The highest BCUT2D eigenvalue weighted by Gasteiger charge is 2.33. The molecule has 3 nitrogen and oxygen atoms in total. The Bertz CT molecular complexity index is 444. The average molecular weight is 292 g/mol. The fourth-order valence-electron chi connectivity index (χ4n) is 1.48. The molecule has 0 aliphatic heterocycles. The lowest BCUT2D eigenvalue weighted by molar-refractivity contribution is -0.274. The molecule has 0 radical (unpaired) electrons. The van der Waals surface area contributed by atoms with Gasteiger partial charge in [-0.25, -0.2) is 0 Å². The normalized spacial score (nSPS) is 12.2. The first-order chi connectivity index (χ1) is 8.49. The summed E-state index contributed by atoms with van der Waals surface area (Å²) in [6, 6.07) is 3.93. The summed E-state index contributed by atoms with van der Waals surface area (Å²) in [5.74, 6) is -0.933. The van der Waals surface area contributed by atoms with Gasteiger partial charge in [-0.2, -0.15) is 0 Å². The topological polar surface area (TPSA) is 35.5 Å². The molecule has 7 heteroatoms. The van der Waals surface area contributed by atoms with Crippen molar-refractivity contribution in [3.63, 3.8) is 0 Å². The SMILES string of the molecule is CC(=O)c1c(OC(F)(F)F)cccc1O[Si](C)(C)C. The van der Waals surface area contributed by atoms with Gasteiger partial charge in [0.2, 0.25) is 8.32 Å². The third kappa shape index (κ3) is 4.94. The van der Waals surface area contributed by atoms with Crippen molar-refractivity contribution in [1.82, 2.24) is 0 Å². The molecule has 1 aromatic rings. The highest BCUT2D eigenvalue weighted by Crippen LogP contribution is 2.34. The van der Waals surface area contributed by atoms with E-state index in [1.807, 2.05) is 19.6 Å². The van der Waals surface area contributed by atoms with Crippen LogP contribution in [-0.4, -0.2) is 20.5 Å². The molecule has 0 spiro atoms. The maximum atomic E-state index is 12.3. The molecule has 106 valence electrons. The smallest absolute Gasteiger partial charge is 0.544 e. The maximum Gasteiger partial charge on any atom is 0.573 e. The number of ether oxygens (including phenoxy) is 1. The maximum absolute atomic E-state index is 12.3. The molecule has 1 rings (SSSR count). The number of hydrogen-bond donors (Lipinski definition) is 0. The van der Waals surface area contributed by atoms with Crippen LogP contribution in [0.1, 0.15) is 17.3 Å². The first-order valence-electron chi connectivity index (χ1n) is 5.58. The van der Waals surface area contributed by atoms with Gasteiger partial charge in [0.1, 0.15) is 17.1 Å². The molecule has 0 unspecified atom stereocenters. The minimum atomic E-state index is -4.85. The quantitative estimate of drug-likeness (QED) is 0.621. The fraction of sp³-hybridized carbons (Fsp3) is 0.417. The summed E-state index contributed by atoms with van der Waals surface area (Å²) in [5, 5.41) is 0. The molecule has 0 heterocycles. The zero-order chi connectivity index (χ0) is 14.8. The second kappa shape index (κ2) is 5.24. The van der Waals surface area contributed by atoms with E-state index in [-0.39, 0.29) is 11.3 Å². The molecule has 19 heavy (non-hydrogen) atoms. The number of carbonyl (C=O) groups excluding carboxylic acids is 1. The number of Topliss-reactive ketones (excluding diaryl/α,β-unsaturated/α-hetero) is 1. The Morgan fingerprint density at radius 2 is 1.68 bits per heavy atom. The first kappa shape index (κ1) is 15.6. The van der Waals surface area contributed by atoms with Crippen LogP contribution in [0.25, 0.3) is 0 Å². The van der Waals surface area contributed by atoms with Gasteiger partial charge in [-0.3, -0.25) is 4.79 Å². The lowest BCUT2D eigenvalue weighted by atomic mass is 10.1. The van der Waals surface area contributed by atoms with Crippen molar-refractivity contribution < 1.29 is 27.1 Å². The molecule has 0 atom stereocenters.